The van der Waals surface area contributed by atoms with Crippen LogP contribution in [0.5, 0.6) is 0 Å². The number of aliphatic hydroxyl groups is 1. The minimum Gasteiger partial charge on any atom is -1.00 e. The smallest absolute Gasteiger partial charge is 0.0900 e. The van der Waals surface area contributed by atoms with Gasteiger partial charge in [0.05, 0.1) is 18.8 Å². The lowest BCUT2D eigenvalue weighted by Crippen LogP contribution is -3.00. The topological polar surface area (TPSA) is 32.7 Å². The number of β-amino-alcohol motifs (C(OH)–C–C–N with tert-alkyl or cyclic N) is 1. The zero-order chi connectivity index (χ0) is 16.1. The summed E-state index contributed by atoms with van der Waals surface area (Å²) in [5.74, 6) is 2.96. The first-order chi connectivity index (χ1) is 10.5. The first-order valence-corrected chi connectivity index (χ1v) is 9.47. The minimum absolute atomic E-state index is 0. The van der Waals surface area contributed by atoms with Gasteiger partial charge in [0.1, 0.15) is 0 Å². The molecule has 0 radical (unpaired) electrons. The van der Waals surface area contributed by atoms with Crippen molar-refractivity contribution in [3.8, 4) is 0 Å². The Morgan fingerprint density at radius 3 is 2.30 bits per heavy atom. The molecule has 0 spiro atoms. The summed E-state index contributed by atoms with van der Waals surface area (Å²) in [6.07, 6.45) is 6.32. The van der Waals surface area contributed by atoms with Crippen LogP contribution < -0.4 is 12.4 Å². The second-order valence-corrected chi connectivity index (χ2v) is 8.33. The Bertz CT molecular complexity index is 318. The lowest BCUT2D eigenvalue weighted by molar-refractivity contribution is -0.0749. The Balaban J connectivity index is 0.00000264. The minimum atomic E-state index is -0.335. The predicted molar refractivity (Wildman–Crippen MR) is 91.9 cm³/mol. The highest BCUT2D eigenvalue weighted by Crippen LogP contribution is 2.35. The molecule has 0 aromatic heterocycles. The van der Waals surface area contributed by atoms with Crippen molar-refractivity contribution in [2.75, 3.05) is 26.2 Å². The molecule has 1 saturated heterocycles. The van der Waals surface area contributed by atoms with Crippen LogP contribution in [0, 0.1) is 23.7 Å². The highest BCUT2D eigenvalue weighted by atomic mass is 35.5. The molecule has 4 atom stereocenters. The summed E-state index contributed by atoms with van der Waals surface area (Å²) in [4.78, 5) is 2.40. The number of nitrogens with zero attached hydrogens (tertiary/aromatic N) is 1. The van der Waals surface area contributed by atoms with E-state index in [0.717, 1.165) is 37.9 Å². The van der Waals surface area contributed by atoms with Crippen LogP contribution in [0.1, 0.15) is 59.8 Å². The monoisotopic (exact) mass is 346 g/mol. The van der Waals surface area contributed by atoms with Gasteiger partial charge in [-0.15, -0.1) is 0 Å². The van der Waals surface area contributed by atoms with Crippen LogP contribution in [0.25, 0.3) is 0 Å². The molecule has 1 aliphatic heterocycles. The maximum absolute atomic E-state index is 10.3. The van der Waals surface area contributed by atoms with Crippen molar-refractivity contribution < 1.29 is 22.3 Å². The third kappa shape index (κ3) is 6.89. The number of aliphatic hydroxyl groups excluding tert-OH is 1. The van der Waals surface area contributed by atoms with Crippen LogP contribution in [0.15, 0.2) is 0 Å². The lowest BCUT2D eigenvalue weighted by Gasteiger charge is -2.38. The van der Waals surface area contributed by atoms with Crippen LogP contribution in [0.3, 0.4) is 0 Å². The first-order valence-electron chi connectivity index (χ1n) is 9.47. The van der Waals surface area contributed by atoms with Gasteiger partial charge in [-0.2, -0.15) is 0 Å². The number of hydrogen-bond acceptors (Lipinski definition) is 3. The van der Waals surface area contributed by atoms with Gasteiger partial charge < -0.3 is 27.2 Å². The van der Waals surface area contributed by atoms with Gasteiger partial charge in [0.25, 0.3) is 0 Å². The fourth-order valence-electron chi connectivity index (χ4n) is 4.14. The van der Waals surface area contributed by atoms with E-state index in [1.54, 1.807) is 0 Å². The average Bonchev–Trinajstić information content (AvgIpc) is 2.47. The molecule has 3 nitrogen and oxygen atoms in total. The molecule has 4 heteroatoms. The second kappa shape index (κ2) is 10.2. The van der Waals surface area contributed by atoms with E-state index in [-0.39, 0.29) is 18.5 Å². The molecule has 0 aromatic rings. The zero-order valence-electron chi connectivity index (χ0n) is 15.5. The molecular formula is C19H37ClNO2-. The summed E-state index contributed by atoms with van der Waals surface area (Å²) >= 11 is 0. The largest absolute Gasteiger partial charge is 1.00 e. The van der Waals surface area contributed by atoms with Crippen LogP contribution in [0.2, 0.25) is 0 Å². The number of ether oxygens (including phenoxy) is 1. The summed E-state index contributed by atoms with van der Waals surface area (Å²) in [6.45, 7) is 12.8. The molecule has 23 heavy (non-hydrogen) atoms. The van der Waals surface area contributed by atoms with E-state index < -0.39 is 0 Å². The maximum atomic E-state index is 10.3. The lowest BCUT2D eigenvalue weighted by atomic mass is 9.75. The zero-order valence-corrected chi connectivity index (χ0v) is 16.3. The number of rotatable bonds is 6. The average molecular weight is 347 g/mol. The number of hydrogen-bond donors (Lipinski definition) is 1. The van der Waals surface area contributed by atoms with Gasteiger partial charge in [-0.1, -0.05) is 34.1 Å². The Morgan fingerprint density at radius 2 is 1.70 bits per heavy atom. The Labute approximate surface area is 149 Å². The summed E-state index contributed by atoms with van der Waals surface area (Å²) in [5.41, 5.74) is 0. The summed E-state index contributed by atoms with van der Waals surface area (Å²) in [5, 5.41) is 10.3. The molecule has 2 fully saturated rings. The highest BCUT2D eigenvalue weighted by molar-refractivity contribution is 4.82. The molecule has 0 bridgehead atoms. The van der Waals surface area contributed by atoms with Crippen LogP contribution in [0.4, 0.5) is 0 Å². The van der Waals surface area contributed by atoms with Crippen molar-refractivity contribution in [3.63, 3.8) is 0 Å². The van der Waals surface area contributed by atoms with Crippen molar-refractivity contribution in [1.29, 1.82) is 0 Å². The van der Waals surface area contributed by atoms with Gasteiger partial charge in [-0.3, -0.25) is 0 Å². The third-order valence-corrected chi connectivity index (χ3v) is 5.81. The van der Waals surface area contributed by atoms with Gasteiger partial charge in [0, 0.05) is 6.54 Å². The van der Waals surface area contributed by atoms with Crippen molar-refractivity contribution >= 4 is 0 Å². The Hall–Kier alpha value is 0.170. The van der Waals surface area contributed by atoms with Crippen molar-refractivity contribution in [1.82, 2.24) is 4.90 Å². The molecule has 4 unspecified atom stereocenters. The molecule has 1 heterocycles. The first kappa shape index (κ1) is 21.2. The molecule has 1 saturated carbocycles. The van der Waals surface area contributed by atoms with Crippen LogP contribution in [-0.4, -0.2) is 48.5 Å². The van der Waals surface area contributed by atoms with E-state index in [1.165, 1.54) is 25.7 Å². The van der Waals surface area contributed by atoms with Crippen molar-refractivity contribution in [2.45, 2.75) is 72.0 Å². The van der Waals surface area contributed by atoms with Gasteiger partial charge >= 0.3 is 0 Å². The van der Waals surface area contributed by atoms with Gasteiger partial charge in [0.15, 0.2) is 0 Å². The highest BCUT2D eigenvalue weighted by Gasteiger charge is 2.31. The fourth-order valence-corrected chi connectivity index (χ4v) is 4.14. The second-order valence-electron chi connectivity index (χ2n) is 8.33. The van der Waals surface area contributed by atoms with E-state index in [9.17, 15) is 5.11 Å². The maximum Gasteiger partial charge on any atom is 0.0900 e. The van der Waals surface area contributed by atoms with Gasteiger partial charge in [-0.05, 0) is 62.4 Å². The van der Waals surface area contributed by atoms with Crippen LogP contribution >= 0.6 is 0 Å². The molecule has 1 N–H and O–H groups in total. The summed E-state index contributed by atoms with van der Waals surface area (Å²) < 4.78 is 6.18. The van der Waals surface area contributed by atoms with E-state index in [0.29, 0.717) is 24.5 Å². The van der Waals surface area contributed by atoms with Crippen molar-refractivity contribution in [2.24, 2.45) is 23.7 Å². The molecule has 138 valence electrons. The quantitative estimate of drug-likeness (QED) is 0.763. The summed E-state index contributed by atoms with van der Waals surface area (Å²) in [6, 6.07) is 0. The molecule has 0 aromatic carbocycles. The molecular weight excluding hydrogens is 310 g/mol. The van der Waals surface area contributed by atoms with E-state index in [1.807, 2.05) is 0 Å². The number of piperidine rings is 1. The van der Waals surface area contributed by atoms with Crippen LogP contribution in [-0.2, 0) is 4.74 Å². The van der Waals surface area contributed by atoms with E-state index in [2.05, 4.69) is 32.6 Å². The Morgan fingerprint density at radius 1 is 1.04 bits per heavy atom. The SMILES string of the molecule is CC1CCN(CC(O)COC2CC(C)CCC2C(C)C)CC1.[Cl-]. The van der Waals surface area contributed by atoms with Gasteiger partial charge in [-0.25, -0.2) is 0 Å². The summed E-state index contributed by atoms with van der Waals surface area (Å²) in [7, 11) is 0. The molecule has 1 aliphatic carbocycles. The van der Waals surface area contributed by atoms with E-state index in [4.69, 9.17) is 4.74 Å². The van der Waals surface area contributed by atoms with Crippen molar-refractivity contribution in [3.05, 3.63) is 0 Å². The standard InChI is InChI=1S/C19H37NO2.ClH/c1-14(2)18-6-5-16(4)11-19(18)22-13-17(21)12-20-9-7-15(3)8-10-20;/h14-19,21H,5-13H2,1-4H3;1H/p-1. The molecule has 0 amide bonds. The number of likely N-dealkylation sites (tertiary alicyclic amines) is 1. The Kier molecular flexibility index (Phi) is 9.43. The van der Waals surface area contributed by atoms with E-state index >= 15 is 0 Å². The molecule has 2 aliphatic rings. The predicted octanol–water partition coefficient (Wildman–Crippen LogP) is 0.561. The molecule has 2 rings (SSSR count). The normalized spacial score (nSPS) is 31.8. The fraction of sp³-hybridized carbons (Fsp3) is 1.00. The van der Waals surface area contributed by atoms with Gasteiger partial charge in [0.2, 0.25) is 0 Å². The number of halogens is 1. The third-order valence-electron chi connectivity index (χ3n) is 5.81.